The Bertz CT molecular complexity index is 251. The molecule has 16 heavy (non-hydrogen) atoms. The van der Waals surface area contributed by atoms with Gasteiger partial charge in [-0.05, 0) is 47.0 Å². The third-order valence-electron chi connectivity index (χ3n) is 2.55. The molecule has 0 aromatic rings. The van der Waals surface area contributed by atoms with Crippen LogP contribution in [0.4, 0.5) is 4.39 Å². The molecule has 0 aromatic heterocycles. The molecule has 2 heteroatoms. The van der Waals surface area contributed by atoms with Gasteiger partial charge >= 0.3 is 0 Å². The Kier molecular flexibility index (Phi) is 7.96. The van der Waals surface area contributed by atoms with Crippen molar-refractivity contribution >= 4 is 0 Å². The first kappa shape index (κ1) is 15.2. The maximum Gasteiger partial charge on any atom is 0.137 e. The molecule has 0 aliphatic heterocycles. The van der Waals surface area contributed by atoms with Crippen molar-refractivity contribution in [2.75, 3.05) is 0 Å². The van der Waals surface area contributed by atoms with Crippen LogP contribution in [0, 0.1) is 0 Å². The molecular weight excluding hydrogens is 203 g/mol. The molecule has 0 fully saturated rings. The lowest BCUT2D eigenvalue weighted by Crippen LogP contribution is -2.01. The highest BCUT2D eigenvalue weighted by Gasteiger charge is 2.05. The maximum absolute atomic E-state index is 13.6. The Labute approximate surface area is 99.4 Å². The van der Waals surface area contributed by atoms with E-state index in [0.717, 1.165) is 19.3 Å². The summed E-state index contributed by atoms with van der Waals surface area (Å²) in [4.78, 5) is 0. The molecule has 0 aliphatic carbocycles. The van der Waals surface area contributed by atoms with Gasteiger partial charge in [0.05, 0.1) is 6.10 Å². The summed E-state index contributed by atoms with van der Waals surface area (Å²) in [6.45, 7) is 9.69. The zero-order chi connectivity index (χ0) is 12.6. The predicted molar refractivity (Wildman–Crippen MR) is 67.9 cm³/mol. The van der Waals surface area contributed by atoms with Gasteiger partial charge in [0.25, 0.3) is 0 Å². The second-order valence-electron chi connectivity index (χ2n) is 4.28. The summed E-state index contributed by atoms with van der Waals surface area (Å²) < 4.78 is 18.9. The smallest absolute Gasteiger partial charge is 0.137 e. The van der Waals surface area contributed by atoms with Gasteiger partial charge < -0.3 is 4.74 Å². The number of allylic oxidation sites excluding steroid dienone is 4. The van der Waals surface area contributed by atoms with Crippen molar-refractivity contribution in [3.63, 3.8) is 0 Å². The van der Waals surface area contributed by atoms with Crippen molar-refractivity contribution in [2.45, 2.75) is 66.4 Å². The van der Waals surface area contributed by atoms with Crippen molar-refractivity contribution in [2.24, 2.45) is 0 Å². The van der Waals surface area contributed by atoms with Crippen molar-refractivity contribution in [3.05, 3.63) is 23.2 Å². The Morgan fingerprint density at radius 1 is 1.31 bits per heavy atom. The van der Waals surface area contributed by atoms with Gasteiger partial charge in [0.2, 0.25) is 0 Å². The summed E-state index contributed by atoms with van der Waals surface area (Å²) in [5, 5.41) is 0. The monoisotopic (exact) mass is 228 g/mol. The topological polar surface area (TPSA) is 9.23 Å². The largest absolute Gasteiger partial charge is 0.493 e. The van der Waals surface area contributed by atoms with Gasteiger partial charge in [-0.1, -0.05) is 18.6 Å². The van der Waals surface area contributed by atoms with Crippen LogP contribution in [0.1, 0.15) is 60.3 Å². The molecule has 0 bridgehead atoms. The Morgan fingerprint density at radius 3 is 2.38 bits per heavy atom. The molecular formula is C14H25FO. The fraction of sp³-hybridized carbons (Fsp3) is 0.714. The van der Waals surface area contributed by atoms with E-state index in [2.05, 4.69) is 13.0 Å². The molecule has 0 heterocycles. The predicted octanol–water partition coefficient (Wildman–Crippen LogP) is 5.14. The van der Waals surface area contributed by atoms with E-state index in [0.29, 0.717) is 12.2 Å². The highest BCUT2D eigenvalue weighted by Crippen LogP contribution is 2.19. The van der Waals surface area contributed by atoms with Crippen molar-refractivity contribution < 1.29 is 9.13 Å². The minimum absolute atomic E-state index is 0.0486. The summed E-state index contributed by atoms with van der Waals surface area (Å²) in [6.07, 6.45) is 5.55. The van der Waals surface area contributed by atoms with E-state index in [1.807, 2.05) is 20.8 Å². The van der Waals surface area contributed by atoms with Crippen LogP contribution in [0.2, 0.25) is 0 Å². The lowest BCUT2D eigenvalue weighted by molar-refractivity contribution is 0.139. The highest BCUT2D eigenvalue weighted by atomic mass is 19.1. The number of ether oxygens (including phenoxy) is 1. The third kappa shape index (κ3) is 6.65. The van der Waals surface area contributed by atoms with Crippen molar-refractivity contribution in [1.82, 2.24) is 0 Å². The molecule has 0 atom stereocenters. The van der Waals surface area contributed by atoms with E-state index in [9.17, 15) is 4.39 Å². The van der Waals surface area contributed by atoms with E-state index in [-0.39, 0.29) is 11.9 Å². The molecule has 1 nitrogen and oxygen atoms in total. The summed E-state index contributed by atoms with van der Waals surface area (Å²) >= 11 is 0. The van der Waals surface area contributed by atoms with Crippen LogP contribution in [0.25, 0.3) is 0 Å². The van der Waals surface area contributed by atoms with Crippen LogP contribution in [-0.2, 0) is 4.74 Å². The fourth-order valence-corrected chi connectivity index (χ4v) is 1.59. The molecule has 0 N–H and O–H groups in total. The summed E-state index contributed by atoms with van der Waals surface area (Å²) in [7, 11) is 0. The lowest BCUT2D eigenvalue weighted by Gasteiger charge is -2.11. The number of hydrogen-bond donors (Lipinski definition) is 0. The Balaban J connectivity index is 4.01. The average Bonchev–Trinajstić information content (AvgIpc) is 2.23. The van der Waals surface area contributed by atoms with Gasteiger partial charge in [-0.15, -0.1) is 0 Å². The number of rotatable bonds is 7. The molecule has 0 spiro atoms. The SMILES string of the molecule is C/C=C(/CC)CCC/C(F)=C(\C)OC(C)C. The van der Waals surface area contributed by atoms with E-state index in [4.69, 9.17) is 4.74 Å². The second kappa shape index (κ2) is 8.37. The van der Waals surface area contributed by atoms with Crippen LogP contribution in [0.15, 0.2) is 23.2 Å². The van der Waals surface area contributed by atoms with Crippen molar-refractivity contribution in [3.8, 4) is 0 Å². The molecule has 0 radical (unpaired) electrons. The quantitative estimate of drug-likeness (QED) is 0.433. The van der Waals surface area contributed by atoms with Crippen LogP contribution < -0.4 is 0 Å². The summed E-state index contributed by atoms with van der Waals surface area (Å²) in [5.41, 5.74) is 1.40. The van der Waals surface area contributed by atoms with E-state index < -0.39 is 0 Å². The first-order valence-electron chi connectivity index (χ1n) is 6.17. The zero-order valence-electron chi connectivity index (χ0n) is 11.3. The van der Waals surface area contributed by atoms with Gasteiger partial charge in [0.15, 0.2) is 0 Å². The van der Waals surface area contributed by atoms with Crippen LogP contribution in [-0.4, -0.2) is 6.10 Å². The minimum Gasteiger partial charge on any atom is -0.493 e. The van der Waals surface area contributed by atoms with E-state index in [1.54, 1.807) is 6.92 Å². The van der Waals surface area contributed by atoms with Crippen molar-refractivity contribution in [1.29, 1.82) is 0 Å². The second-order valence-corrected chi connectivity index (χ2v) is 4.28. The van der Waals surface area contributed by atoms with Gasteiger partial charge in [-0.25, -0.2) is 4.39 Å². The van der Waals surface area contributed by atoms with Gasteiger partial charge in [0, 0.05) is 6.42 Å². The van der Waals surface area contributed by atoms with Gasteiger partial charge in [-0.3, -0.25) is 0 Å². The third-order valence-corrected chi connectivity index (χ3v) is 2.55. The molecule has 0 saturated carbocycles. The highest BCUT2D eigenvalue weighted by molar-refractivity contribution is 5.02. The molecule has 0 aliphatic rings. The lowest BCUT2D eigenvalue weighted by atomic mass is 10.1. The minimum atomic E-state index is -0.111. The van der Waals surface area contributed by atoms with Gasteiger partial charge in [-0.2, -0.15) is 0 Å². The number of hydrogen-bond acceptors (Lipinski definition) is 1. The summed E-state index contributed by atoms with van der Waals surface area (Å²) in [6, 6.07) is 0. The van der Waals surface area contributed by atoms with Gasteiger partial charge in [0.1, 0.15) is 11.6 Å². The van der Waals surface area contributed by atoms with Crippen LogP contribution in [0.3, 0.4) is 0 Å². The van der Waals surface area contributed by atoms with E-state index in [1.165, 1.54) is 5.57 Å². The van der Waals surface area contributed by atoms with Crippen LogP contribution in [0.5, 0.6) is 0 Å². The standard InChI is InChI=1S/C14H25FO/c1-6-13(7-2)9-8-10-14(15)12(5)16-11(3)4/h6,11H,7-10H2,1-5H3/b13-6-,14-12-. The molecule has 0 saturated heterocycles. The molecule has 0 unspecified atom stereocenters. The first-order chi connectivity index (χ1) is 7.51. The van der Waals surface area contributed by atoms with E-state index >= 15 is 0 Å². The normalized spacial score (nSPS) is 14.1. The molecule has 0 aromatic carbocycles. The number of halogens is 1. The maximum atomic E-state index is 13.6. The Morgan fingerprint density at radius 2 is 1.94 bits per heavy atom. The average molecular weight is 228 g/mol. The zero-order valence-corrected chi connectivity index (χ0v) is 11.3. The molecule has 94 valence electrons. The Hall–Kier alpha value is -0.790. The fourth-order valence-electron chi connectivity index (χ4n) is 1.59. The molecule has 0 amide bonds. The molecule has 0 rings (SSSR count). The summed E-state index contributed by atoms with van der Waals surface area (Å²) in [5.74, 6) is 0.328. The first-order valence-corrected chi connectivity index (χ1v) is 6.17. The van der Waals surface area contributed by atoms with Crippen LogP contribution >= 0.6 is 0 Å².